The molecule has 7 nitrogen and oxygen atoms in total. The summed E-state index contributed by atoms with van der Waals surface area (Å²) in [6, 6.07) is -0.200. The number of rotatable bonds is 6. The smallest absolute Gasteiger partial charge is 0.317 e. The number of carboxylic acid groups (broad SMARTS) is 1. The number of carbonyl (C=O) groups is 3. The molecule has 0 aromatic rings. The van der Waals surface area contributed by atoms with E-state index in [1.807, 2.05) is 0 Å². The van der Waals surface area contributed by atoms with Crippen LogP contribution >= 0.6 is 0 Å². The third kappa shape index (κ3) is 5.46. The number of hydrogen-bond donors (Lipinski definition) is 2. The Kier molecular flexibility index (Phi) is 6.83. The monoisotopic (exact) mass is 286 g/mol. The minimum atomic E-state index is -0.826. The van der Waals surface area contributed by atoms with Gasteiger partial charge >= 0.3 is 18.0 Å². The SMILES string of the molecule is COC(=O)C1CCCN(C(=O)NCCCCC(=O)O)C1. The largest absolute Gasteiger partial charge is 0.481 e. The van der Waals surface area contributed by atoms with E-state index < -0.39 is 5.97 Å². The maximum absolute atomic E-state index is 11.9. The highest BCUT2D eigenvalue weighted by Gasteiger charge is 2.28. The fourth-order valence-electron chi connectivity index (χ4n) is 2.23. The number of unbranched alkanes of at least 4 members (excludes halogenated alkanes) is 1. The summed E-state index contributed by atoms with van der Waals surface area (Å²) < 4.78 is 4.70. The van der Waals surface area contributed by atoms with Gasteiger partial charge in [-0.15, -0.1) is 0 Å². The van der Waals surface area contributed by atoms with Crippen molar-refractivity contribution in [1.29, 1.82) is 0 Å². The number of piperidine rings is 1. The van der Waals surface area contributed by atoms with Crippen LogP contribution in [0.1, 0.15) is 32.1 Å². The van der Waals surface area contributed by atoms with Gasteiger partial charge in [0.25, 0.3) is 0 Å². The van der Waals surface area contributed by atoms with Crippen LogP contribution in [0.25, 0.3) is 0 Å². The van der Waals surface area contributed by atoms with Crippen LogP contribution in [0.4, 0.5) is 4.79 Å². The van der Waals surface area contributed by atoms with Crippen LogP contribution in [-0.2, 0) is 14.3 Å². The molecule has 2 N–H and O–H groups in total. The van der Waals surface area contributed by atoms with Gasteiger partial charge in [-0.25, -0.2) is 4.79 Å². The summed E-state index contributed by atoms with van der Waals surface area (Å²) in [6.45, 7) is 1.47. The Balaban J connectivity index is 2.25. The molecule has 1 saturated heterocycles. The molecule has 0 aromatic carbocycles. The predicted octanol–water partition coefficient (Wildman–Crippen LogP) is 0.836. The first-order valence-electron chi connectivity index (χ1n) is 6.87. The third-order valence-corrected chi connectivity index (χ3v) is 3.34. The maximum Gasteiger partial charge on any atom is 0.317 e. The van der Waals surface area contributed by atoms with Crippen molar-refractivity contribution in [3.63, 3.8) is 0 Å². The molecule has 1 atom stereocenters. The molecular weight excluding hydrogens is 264 g/mol. The molecular formula is C13H22N2O5. The lowest BCUT2D eigenvalue weighted by atomic mass is 9.98. The molecule has 114 valence electrons. The first kappa shape index (κ1) is 16.3. The number of nitrogens with zero attached hydrogens (tertiary/aromatic N) is 1. The number of carboxylic acids is 1. The fraction of sp³-hybridized carbons (Fsp3) is 0.769. The zero-order valence-corrected chi connectivity index (χ0v) is 11.8. The van der Waals surface area contributed by atoms with Crippen LogP contribution in [0.15, 0.2) is 0 Å². The number of carbonyl (C=O) groups excluding carboxylic acids is 2. The molecule has 1 fully saturated rings. The Hall–Kier alpha value is -1.79. The zero-order chi connectivity index (χ0) is 15.0. The summed E-state index contributed by atoms with van der Waals surface area (Å²) >= 11 is 0. The van der Waals surface area contributed by atoms with E-state index in [-0.39, 0.29) is 24.3 Å². The van der Waals surface area contributed by atoms with Gasteiger partial charge in [-0.1, -0.05) is 0 Å². The van der Waals surface area contributed by atoms with E-state index >= 15 is 0 Å². The zero-order valence-electron chi connectivity index (χ0n) is 11.8. The lowest BCUT2D eigenvalue weighted by Crippen LogP contribution is -2.47. The molecule has 7 heteroatoms. The van der Waals surface area contributed by atoms with Gasteiger partial charge in [-0.2, -0.15) is 0 Å². The summed E-state index contributed by atoms with van der Waals surface area (Å²) in [6.07, 6.45) is 2.82. The van der Waals surface area contributed by atoms with E-state index in [4.69, 9.17) is 9.84 Å². The van der Waals surface area contributed by atoms with E-state index in [0.29, 0.717) is 32.5 Å². The average Bonchev–Trinajstić information content (AvgIpc) is 2.45. The van der Waals surface area contributed by atoms with E-state index in [1.54, 1.807) is 4.90 Å². The highest BCUT2D eigenvalue weighted by atomic mass is 16.5. The maximum atomic E-state index is 11.9. The second-order valence-corrected chi connectivity index (χ2v) is 4.89. The van der Waals surface area contributed by atoms with Crippen molar-refractivity contribution in [2.45, 2.75) is 32.1 Å². The van der Waals surface area contributed by atoms with Gasteiger partial charge in [0.05, 0.1) is 13.0 Å². The highest BCUT2D eigenvalue weighted by molar-refractivity contribution is 5.77. The molecule has 0 aromatic heterocycles. The topological polar surface area (TPSA) is 95.9 Å². The van der Waals surface area contributed by atoms with Crippen LogP contribution in [-0.4, -0.2) is 54.7 Å². The molecule has 1 aliphatic rings. The van der Waals surface area contributed by atoms with E-state index in [9.17, 15) is 14.4 Å². The number of urea groups is 1. The summed E-state index contributed by atoms with van der Waals surface area (Å²) in [5.74, 6) is -1.34. The quantitative estimate of drug-likeness (QED) is 0.557. The van der Waals surface area contributed by atoms with Gasteiger partial charge in [0.2, 0.25) is 0 Å². The number of ether oxygens (including phenoxy) is 1. The molecule has 1 unspecified atom stereocenters. The molecule has 0 bridgehead atoms. The molecule has 20 heavy (non-hydrogen) atoms. The summed E-state index contributed by atoms with van der Waals surface area (Å²) in [5.41, 5.74) is 0. The Labute approximate surface area is 118 Å². The number of likely N-dealkylation sites (tertiary alicyclic amines) is 1. The number of esters is 1. The number of amides is 2. The third-order valence-electron chi connectivity index (χ3n) is 3.34. The number of nitrogens with one attached hydrogen (secondary N) is 1. The van der Waals surface area contributed by atoms with Crippen molar-refractivity contribution >= 4 is 18.0 Å². The molecule has 0 aliphatic carbocycles. The lowest BCUT2D eigenvalue weighted by Gasteiger charge is -2.31. The van der Waals surface area contributed by atoms with Gasteiger partial charge in [0, 0.05) is 26.1 Å². The molecule has 0 saturated carbocycles. The Morgan fingerprint density at radius 3 is 2.75 bits per heavy atom. The van der Waals surface area contributed by atoms with Crippen molar-refractivity contribution in [2.24, 2.45) is 5.92 Å². The summed E-state index contributed by atoms with van der Waals surface area (Å²) in [5, 5.41) is 11.2. The van der Waals surface area contributed by atoms with Crippen molar-refractivity contribution in [2.75, 3.05) is 26.7 Å². The van der Waals surface area contributed by atoms with Gasteiger partial charge < -0.3 is 20.1 Å². The number of methoxy groups -OCH3 is 1. The number of hydrogen-bond acceptors (Lipinski definition) is 4. The van der Waals surface area contributed by atoms with Gasteiger partial charge in [0.15, 0.2) is 0 Å². The predicted molar refractivity (Wildman–Crippen MR) is 71.2 cm³/mol. The van der Waals surface area contributed by atoms with Gasteiger partial charge in [-0.05, 0) is 25.7 Å². The van der Waals surface area contributed by atoms with Crippen LogP contribution in [0.2, 0.25) is 0 Å². The van der Waals surface area contributed by atoms with Gasteiger partial charge in [-0.3, -0.25) is 9.59 Å². The first-order chi connectivity index (χ1) is 9.54. The first-order valence-corrected chi connectivity index (χ1v) is 6.87. The molecule has 0 radical (unpaired) electrons. The van der Waals surface area contributed by atoms with Crippen molar-refractivity contribution in [1.82, 2.24) is 10.2 Å². The van der Waals surface area contributed by atoms with Crippen LogP contribution in [0, 0.1) is 5.92 Å². The molecule has 1 rings (SSSR count). The average molecular weight is 286 g/mol. The van der Waals surface area contributed by atoms with Crippen LogP contribution in [0.5, 0.6) is 0 Å². The molecule has 1 aliphatic heterocycles. The molecule has 2 amide bonds. The van der Waals surface area contributed by atoms with E-state index in [2.05, 4.69) is 5.32 Å². The Morgan fingerprint density at radius 2 is 2.10 bits per heavy atom. The summed E-state index contributed by atoms with van der Waals surface area (Å²) in [4.78, 5) is 35.3. The highest BCUT2D eigenvalue weighted by Crippen LogP contribution is 2.17. The van der Waals surface area contributed by atoms with Crippen LogP contribution in [0.3, 0.4) is 0 Å². The second kappa shape index (κ2) is 8.39. The molecule has 0 spiro atoms. The molecule has 1 heterocycles. The Bertz CT molecular complexity index is 359. The normalized spacial score (nSPS) is 18.4. The van der Waals surface area contributed by atoms with Crippen molar-refractivity contribution in [3.8, 4) is 0 Å². The minimum Gasteiger partial charge on any atom is -0.481 e. The van der Waals surface area contributed by atoms with Gasteiger partial charge in [0.1, 0.15) is 0 Å². The second-order valence-electron chi connectivity index (χ2n) is 4.89. The Morgan fingerprint density at radius 1 is 1.35 bits per heavy atom. The number of aliphatic carboxylic acids is 1. The fourth-order valence-corrected chi connectivity index (χ4v) is 2.23. The van der Waals surface area contributed by atoms with Crippen LogP contribution < -0.4 is 5.32 Å². The van der Waals surface area contributed by atoms with Crippen molar-refractivity contribution in [3.05, 3.63) is 0 Å². The van der Waals surface area contributed by atoms with E-state index in [0.717, 1.165) is 12.8 Å². The van der Waals surface area contributed by atoms with Crippen molar-refractivity contribution < 1.29 is 24.2 Å². The minimum absolute atomic E-state index is 0.115. The summed E-state index contributed by atoms with van der Waals surface area (Å²) in [7, 11) is 1.35. The standard InChI is InChI=1S/C13H22N2O5/c1-20-12(18)10-5-4-8-15(9-10)13(19)14-7-3-2-6-11(16)17/h10H,2-9H2,1H3,(H,14,19)(H,16,17). The van der Waals surface area contributed by atoms with E-state index in [1.165, 1.54) is 7.11 Å². The lowest BCUT2D eigenvalue weighted by molar-refractivity contribution is -0.146.